The minimum absolute atomic E-state index is 0. The SMILES string of the molecule is O=C(O)c1cccc(C(=O)OCN2CCNCC2)c1.[H+].c1cnc2[nH]ccc2c1. The van der Waals surface area contributed by atoms with Crippen molar-refractivity contribution in [3.8, 4) is 0 Å². The zero-order valence-electron chi connectivity index (χ0n) is 16.3. The topological polar surface area (TPSA) is 108 Å². The average Bonchev–Trinajstić information content (AvgIpc) is 3.22. The summed E-state index contributed by atoms with van der Waals surface area (Å²) in [5, 5.41) is 13.2. The summed E-state index contributed by atoms with van der Waals surface area (Å²) in [5.41, 5.74) is 1.30. The predicted molar refractivity (Wildman–Crippen MR) is 105 cm³/mol. The van der Waals surface area contributed by atoms with E-state index in [1.54, 1.807) is 12.3 Å². The molecular formula is C20H23N4O4+. The molecular weight excluding hydrogens is 360 g/mol. The number of H-pyrrole nitrogens is 1. The van der Waals surface area contributed by atoms with Gasteiger partial charge in [0, 0.05) is 44.0 Å². The van der Waals surface area contributed by atoms with E-state index in [9.17, 15) is 9.59 Å². The highest BCUT2D eigenvalue weighted by Gasteiger charge is 2.14. The van der Waals surface area contributed by atoms with Crippen LogP contribution in [0.2, 0.25) is 0 Å². The molecule has 1 fully saturated rings. The number of aromatic nitrogens is 2. The monoisotopic (exact) mass is 383 g/mol. The van der Waals surface area contributed by atoms with Crippen molar-refractivity contribution in [2.24, 2.45) is 0 Å². The molecule has 0 unspecified atom stereocenters. The standard InChI is InChI=1S/C13H16N2O4.C7H6N2/c16-12(17)10-2-1-3-11(8-10)13(18)19-9-15-6-4-14-5-7-15;1-2-6-3-5-9-7(6)8-4-1/h1-3,8,14H,4-7,9H2,(H,16,17);1-5H,(H,8,9)/p+1. The third-order valence-electron chi connectivity index (χ3n) is 4.25. The molecule has 1 aromatic carbocycles. The minimum atomic E-state index is -1.06. The number of aromatic amines is 1. The zero-order chi connectivity index (χ0) is 19.8. The Morgan fingerprint density at radius 3 is 2.68 bits per heavy atom. The highest BCUT2D eigenvalue weighted by atomic mass is 16.5. The maximum absolute atomic E-state index is 11.8. The molecule has 0 saturated carbocycles. The van der Waals surface area contributed by atoms with Gasteiger partial charge in [-0.3, -0.25) is 4.90 Å². The van der Waals surface area contributed by atoms with Crippen LogP contribution in [0.1, 0.15) is 22.1 Å². The van der Waals surface area contributed by atoms with Crippen molar-refractivity contribution >= 4 is 23.0 Å². The Bertz CT molecular complexity index is 911. The van der Waals surface area contributed by atoms with Gasteiger partial charge in [-0.25, -0.2) is 14.6 Å². The van der Waals surface area contributed by atoms with Gasteiger partial charge in [0.15, 0.2) is 0 Å². The second-order valence-electron chi connectivity index (χ2n) is 6.23. The van der Waals surface area contributed by atoms with Gasteiger partial charge in [0.05, 0.1) is 11.1 Å². The molecule has 1 aliphatic rings. The highest BCUT2D eigenvalue weighted by molar-refractivity contribution is 5.94. The minimum Gasteiger partial charge on any atom is -0.478 e. The van der Waals surface area contributed by atoms with Crippen molar-refractivity contribution in [2.75, 3.05) is 32.9 Å². The molecule has 3 N–H and O–H groups in total. The fourth-order valence-electron chi connectivity index (χ4n) is 2.74. The lowest BCUT2D eigenvalue weighted by atomic mass is 10.1. The number of carbonyl (C=O) groups is 2. The number of hydrogen-bond donors (Lipinski definition) is 3. The average molecular weight is 383 g/mol. The van der Waals surface area contributed by atoms with Gasteiger partial charge in [0.25, 0.3) is 0 Å². The van der Waals surface area contributed by atoms with E-state index in [4.69, 9.17) is 9.84 Å². The van der Waals surface area contributed by atoms with Gasteiger partial charge in [-0.15, -0.1) is 0 Å². The Morgan fingerprint density at radius 1 is 1.14 bits per heavy atom. The molecule has 0 amide bonds. The summed E-state index contributed by atoms with van der Waals surface area (Å²) in [6.07, 6.45) is 3.66. The normalized spacial score (nSPS) is 14.1. The number of ether oxygens (including phenoxy) is 1. The van der Waals surface area contributed by atoms with Gasteiger partial charge in [-0.05, 0) is 36.4 Å². The van der Waals surface area contributed by atoms with Gasteiger partial charge < -0.3 is 20.1 Å². The Labute approximate surface area is 163 Å². The van der Waals surface area contributed by atoms with Crippen LogP contribution in [0.4, 0.5) is 0 Å². The number of carbonyl (C=O) groups excluding carboxylic acids is 1. The summed E-state index contributed by atoms with van der Waals surface area (Å²) in [5.74, 6) is -1.56. The van der Waals surface area contributed by atoms with Crippen LogP contribution in [0.5, 0.6) is 0 Å². The number of aromatic carboxylic acids is 1. The third-order valence-corrected chi connectivity index (χ3v) is 4.25. The Hall–Kier alpha value is -3.23. The van der Waals surface area contributed by atoms with Crippen LogP contribution in [-0.4, -0.2) is 64.8 Å². The van der Waals surface area contributed by atoms with E-state index in [1.807, 2.05) is 29.3 Å². The smallest absolute Gasteiger partial charge is 0.478 e. The molecule has 8 nitrogen and oxygen atoms in total. The number of nitrogens with zero attached hydrogens (tertiary/aromatic N) is 2. The lowest BCUT2D eigenvalue weighted by Gasteiger charge is -2.26. The van der Waals surface area contributed by atoms with E-state index in [2.05, 4.69) is 15.3 Å². The quantitative estimate of drug-likeness (QED) is 0.592. The van der Waals surface area contributed by atoms with Crippen LogP contribution in [0.15, 0.2) is 54.9 Å². The van der Waals surface area contributed by atoms with Crippen molar-refractivity contribution in [1.82, 2.24) is 20.2 Å². The third kappa shape index (κ3) is 5.38. The number of esters is 1. The Balaban J connectivity index is 0.000000250. The predicted octanol–water partition coefficient (Wildman–Crippen LogP) is 2.08. The van der Waals surface area contributed by atoms with Gasteiger partial charge >= 0.3 is 13.4 Å². The first-order valence-electron chi connectivity index (χ1n) is 8.95. The molecule has 0 radical (unpaired) electrons. The van der Waals surface area contributed by atoms with Gasteiger partial charge in [0.2, 0.25) is 0 Å². The first-order chi connectivity index (χ1) is 13.6. The number of hydrogen-bond acceptors (Lipinski definition) is 6. The number of benzene rings is 1. The number of carboxylic acids is 1. The van der Waals surface area contributed by atoms with Crippen molar-refractivity contribution in [2.45, 2.75) is 0 Å². The summed E-state index contributed by atoms with van der Waals surface area (Å²) in [6, 6.07) is 11.8. The fraction of sp³-hybridized carbons (Fsp3) is 0.250. The highest BCUT2D eigenvalue weighted by Crippen LogP contribution is 2.08. The second-order valence-corrected chi connectivity index (χ2v) is 6.23. The summed E-state index contributed by atoms with van der Waals surface area (Å²) in [7, 11) is 0. The fourth-order valence-corrected chi connectivity index (χ4v) is 2.74. The van der Waals surface area contributed by atoms with Crippen LogP contribution in [0.25, 0.3) is 11.0 Å². The van der Waals surface area contributed by atoms with E-state index in [0.717, 1.165) is 37.2 Å². The molecule has 146 valence electrons. The lowest BCUT2D eigenvalue weighted by Crippen LogP contribution is -2.44. The number of fused-ring (bicyclic) bond motifs is 1. The number of pyridine rings is 1. The van der Waals surface area contributed by atoms with Crippen LogP contribution in [0.3, 0.4) is 0 Å². The van der Waals surface area contributed by atoms with Gasteiger partial charge in [-0.2, -0.15) is 0 Å². The largest absolute Gasteiger partial charge is 1.00 e. The Kier molecular flexibility index (Phi) is 6.72. The molecule has 0 bridgehead atoms. The number of piperazine rings is 1. The molecule has 0 atom stereocenters. The molecule has 2 aromatic heterocycles. The molecule has 28 heavy (non-hydrogen) atoms. The van der Waals surface area contributed by atoms with Gasteiger partial charge in [-0.1, -0.05) is 6.07 Å². The van der Waals surface area contributed by atoms with Crippen LogP contribution >= 0.6 is 0 Å². The first-order valence-corrected chi connectivity index (χ1v) is 8.95. The zero-order valence-corrected chi connectivity index (χ0v) is 15.3. The van der Waals surface area contributed by atoms with E-state index < -0.39 is 11.9 Å². The lowest BCUT2D eigenvalue weighted by molar-refractivity contribution is 0.0188. The Morgan fingerprint density at radius 2 is 1.93 bits per heavy atom. The molecule has 1 aliphatic heterocycles. The molecule has 0 aliphatic carbocycles. The number of nitrogens with one attached hydrogen (secondary N) is 2. The number of carboxylic acid groups (broad SMARTS) is 1. The van der Waals surface area contributed by atoms with Crippen molar-refractivity contribution in [1.29, 1.82) is 0 Å². The van der Waals surface area contributed by atoms with Crippen molar-refractivity contribution < 1.29 is 20.9 Å². The molecule has 3 heterocycles. The molecule has 1 saturated heterocycles. The van der Waals surface area contributed by atoms with E-state index in [-0.39, 0.29) is 19.3 Å². The maximum Gasteiger partial charge on any atom is 1.00 e. The second kappa shape index (κ2) is 9.63. The maximum atomic E-state index is 11.8. The summed E-state index contributed by atoms with van der Waals surface area (Å²) in [4.78, 5) is 31.7. The van der Waals surface area contributed by atoms with Crippen LogP contribution < -0.4 is 5.32 Å². The summed E-state index contributed by atoms with van der Waals surface area (Å²) < 4.78 is 5.17. The number of rotatable bonds is 4. The van der Waals surface area contributed by atoms with E-state index >= 15 is 0 Å². The van der Waals surface area contributed by atoms with Gasteiger partial charge in [0.1, 0.15) is 12.4 Å². The van der Waals surface area contributed by atoms with E-state index in [1.165, 1.54) is 18.2 Å². The van der Waals surface area contributed by atoms with E-state index in [0.29, 0.717) is 0 Å². The summed E-state index contributed by atoms with van der Waals surface area (Å²) >= 11 is 0. The van der Waals surface area contributed by atoms with Crippen LogP contribution in [-0.2, 0) is 4.74 Å². The molecule has 8 heteroatoms. The first kappa shape index (κ1) is 19.5. The van der Waals surface area contributed by atoms with Crippen LogP contribution in [0, 0.1) is 0 Å². The van der Waals surface area contributed by atoms with Crippen molar-refractivity contribution in [3.63, 3.8) is 0 Å². The summed E-state index contributed by atoms with van der Waals surface area (Å²) in [6.45, 7) is 3.67. The molecule has 4 rings (SSSR count). The molecule has 3 aromatic rings. The molecule has 0 spiro atoms. The van der Waals surface area contributed by atoms with Crippen molar-refractivity contribution in [3.05, 3.63) is 66.0 Å².